The SMILES string of the molecule is CC(C)CCS(=O)(=O)NCCCCN.Cl. The average Bonchev–Trinajstić information content (AvgIpc) is 2.10. The van der Waals surface area contributed by atoms with E-state index in [-0.39, 0.29) is 18.2 Å². The Hall–Kier alpha value is 0.160. The van der Waals surface area contributed by atoms with Crippen molar-refractivity contribution in [3.63, 3.8) is 0 Å². The summed E-state index contributed by atoms with van der Waals surface area (Å²) < 4.78 is 25.3. The highest BCUT2D eigenvalue weighted by atomic mass is 35.5. The molecule has 0 aromatic carbocycles. The fourth-order valence-electron chi connectivity index (χ4n) is 0.960. The molecular formula is C9H23ClN2O2S. The predicted molar refractivity (Wildman–Crippen MR) is 66.8 cm³/mol. The Balaban J connectivity index is 0. The lowest BCUT2D eigenvalue weighted by Crippen LogP contribution is -2.28. The molecule has 0 amide bonds. The highest BCUT2D eigenvalue weighted by molar-refractivity contribution is 7.89. The van der Waals surface area contributed by atoms with Crippen molar-refractivity contribution in [1.29, 1.82) is 0 Å². The molecule has 0 bridgehead atoms. The van der Waals surface area contributed by atoms with Gasteiger partial charge in [-0.25, -0.2) is 13.1 Å². The van der Waals surface area contributed by atoms with Crippen molar-refractivity contribution in [1.82, 2.24) is 4.72 Å². The zero-order valence-corrected chi connectivity index (χ0v) is 11.2. The number of halogens is 1. The lowest BCUT2D eigenvalue weighted by Gasteiger charge is -2.07. The molecule has 0 aliphatic heterocycles. The maximum absolute atomic E-state index is 11.4. The molecule has 0 aliphatic carbocycles. The maximum atomic E-state index is 11.4. The molecule has 0 rings (SSSR count). The van der Waals surface area contributed by atoms with Gasteiger partial charge >= 0.3 is 0 Å². The number of nitrogens with two attached hydrogens (primary N) is 1. The van der Waals surface area contributed by atoms with Gasteiger partial charge in [0.1, 0.15) is 0 Å². The van der Waals surface area contributed by atoms with E-state index in [9.17, 15) is 8.42 Å². The molecule has 0 aromatic rings. The monoisotopic (exact) mass is 258 g/mol. The Labute approximate surface area is 99.5 Å². The van der Waals surface area contributed by atoms with Crippen LogP contribution in [0.5, 0.6) is 0 Å². The first kappa shape index (κ1) is 17.6. The summed E-state index contributed by atoms with van der Waals surface area (Å²) in [5.41, 5.74) is 5.30. The lowest BCUT2D eigenvalue weighted by atomic mass is 10.2. The average molecular weight is 259 g/mol. The van der Waals surface area contributed by atoms with Gasteiger partial charge in [-0.15, -0.1) is 12.4 Å². The normalized spacial score (nSPS) is 11.5. The second-order valence-electron chi connectivity index (χ2n) is 3.89. The maximum Gasteiger partial charge on any atom is 0.211 e. The summed E-state index contributed by atoms with van der Waals surface area (Å²) in [6, 6.07) is 0. The molecule has 0 aliphatic rings. The van der Waals surface area contributed by atoms with Crippen molar-refractivity contribution in [3.8, 4) is 0 Å². The van der Waals surface area contributed by atoms with E-state index in [2.05, 4.69) is 4.72 Å². The molecule has 0 saturated heterocycles. The minimum atomic E-state index is -3.05. The number of sulfonamides is 1. The van der Waals surface area contributed by atoms with E-state index in [0.29, 0.717) is 25.4 Å². The zero-order valence-electron chi connectivity index (χ0n) is 9.53. The van der Waals surface area contributed by atoms with Gasteiger partial charge in [0.05, 0.1) is 5.75 Å². The molecule has 0 unspecified atom stereocenters. The van der Waals surface area contributed by atoms with Gasteiger partial charge in [0.2, 0.25) is 10.0 Å². The number of rotatable bonds is 8. The van der Waals surface area contributed by atoms with E-state index in [4.69, 9.17) is 5.73 Å². The predicted octanol–water partition coefficient (Wildman–Crippen LogP) is 1.11. The minimum absolute atomic E-state index is 0. The first-order chi connectivity index (χ1) is 6.48. The Morgan fingerprint density at radius 1 is 1.27 bits per heavy atom. The second-order valence-corrected chi connectivity index (χ2v) is 5.82. The van der Waals surface area contributed by atoms with Crippen molar-refractivity contribution >= 4 is 22.4 Å². The van der Waals surface area contributed by atoms with Crippen LogP contribution in [0.2, 0.25) is 0 Å². The first-order valence-corrected chi connectivity index (χ1v) is 6.80. The summed E-state index contributed by atoms with van der Waals surface area (Å²) in [5.74, 6) is 0.656. The van der Waals surface area contributed by atoms with Crippen molar-refractivity contribution in [2.45, 2.75) is 33.1 Å². The minimum Gasteiger partial charge on any atom is -0.330 e. The van der Waals surface area contributed by atoms with Crippen LogP contribution in [0.15, 0.2) is 0 Å². The molecular weight excluding hydrogens is 236 g/mol. The van der Waals surface area contributed by atoms with E-state index in [1.165, 1.54) is 0 Å². The summed E-state index contributed by atoms with van der Waals surface area (Å²) in [4.78, 5) is 0. The molecule has 3 N–H and O–H groups in total. The molecule has 0 atom stereocenters. The second kappa shape index (κ2) is 9.39. The van der Waals surface area contributed by atoms with Gasteiger partial charge in [0.25, 0.3) is 0 Å². The summed E-state index contributed by atoms with van der Waals surface area (Å²) in [7, 11) is -3.05. The van der Waals surface area contributed by atoms with Crippen LogP contribution in [0.1, 0.15) is 33.1 Å². The number of hydrogen-bond acceptors (Lipinski definition) is 3. The van der Waals surface area contributed by atoms with E-state index in [1.807, 2.05) is 13.8 Å². The summed E-state index contributed by atoms with van der Waals surface area (Å²) in [6.07, 6.45) is 2.40. The van der Waals surface area contributed by atoms with Crippen LogP contribution >= 0.6 is 12.4 Å². The van der Waals surface area contributed by atoms with E-state index in [0.717, 1.165) is 12.8 Å². The molecule has 0 radical (unpaired) electrons. The van der Waals surface area contributed by atoms with Gasteiger partial charge in [-0.2, -0.15) is 0 Å². The number of hydrogen-bond donors (Lipinski definition) is 2. The Kier molecular flexibility index (Phi) is 11.0. The van der Waals surface area contributed by atoms with Gasteiger partial charge in [-0.05, 0) is 31.7 Å². The van der Waals surface area contributed by atoms with Gasteiger partial charge in [-0.1, -0.05) is 13.8 Å². The van der Waals surface area contributed by atoms with Gasteiger partial charge < -0.3 is 5.73 Å². The smallest absolute Gasteiger partial charge is 0.211 e. The van der Waals surface area contributed by atoms with Crippen LogP contribution in [-0.4, -0.2) is 27.3 Å². The van der Waals surface area contributed by atoms with Crippen LogP contribution in [0.3, 0.4) is 0 Å². The molecule has 0 saturated carbocycles. The van der Waals surface area contributed by atoms with Crippen LogP contribution in [0, 0.1) is 5.92 Å². The molecule has 0 fully saturated rings. The third-order valence-electron chi connectivity index (χ3n) is 1.92. The van der Waals surface area contributed by atoms with Gasteiger partial charge in [0, 0.05) is 6.54 Å². The van der Waals surface area contributed by atoms with E-state index >= 15 is 0 Å². The summed E-state index contributed by atoms with van der Waals surface area (Å²) in [6.45, 7) is 5.17. The van der Waals surface area contributed by atoms with Crippen LogP contribution < -0.4 is 10.5 Å². The van der Waals surface area contributed by atoms with E-state index < -0.39 is 10.0 Å². The third-order valence-corrected chi connectivity index (χ3v) is 3.33. The third kappa shape index (κ3) is 12.1. The first-order valence-electron chi connectivity index (χ1n) is 5.15. The fourth-order valence-corrected chi connectivity index (χ4v) is 2.34. The van der Waals surface area contributed by atoms with Crippen molar-refractivity contribution in [3.05, 3.63) is 0 Å². The molecule has 0 heterocycles. The highest BCUT2D eigenvalue weighted by Gasteiger charge is 2.09. The van der Waals surface area contributed by atoms with E-state index in [1.54, 1.807) is 0 Å². The molecule has 0 aromatic heterocycles. The van der Waals surface area contributed by atoms with Crippen LogP contribution in [-0.2, 0) is 10.0 Å². The topological polar surface area (TPSA) is 72.2 Å². The largest absolute Gasteiger partial charge is 0.330 e. The fraction of sp³-hybridized carbons (Fsp3) is 1.00. The molecule has 15 heavy (non-hydrogen) atoms. The zero-order chi connectivity index (χ0) is 11.0. The Morgan fingerprint density at radius 2 is 1.87 bits per heavy atom. The number of nitrogens with one attached hydrogen (secondary N) is 1. The molecule has 6 heteroatoms. The van der Waals surface area contributed by atoms with Gasteiger partial charge in [-0.3, -0.25) is 0 Å². The standard InChI is InChI=1S/C9H22N2O2S.ClH/c1-9(2)5-8-14(12,13)11-7-4-3-6-10;/h9,11H,3-8,10H2,1-2H3;1H. The lowest BCUT2D eigenvalue weighted by molar-refractivity contribution is 0.558. The van der Waals surface area contributed by atoms with Crippen molar-refractivity contribution in [2.75, 3.05) is 18.8 Å². The van der Waals surface area contributed by atoms with Crippen molar-refractivity contribution < 1.29 is 8.42 Å². The Morgan fingerprint density at radius 3 is 2.33 bits per heavy atom. The summed E-state index contributed by atoms with van der Waals surface area (Å²) >= 11 is 0. The highest BCUT2D eigenvalue weighted by Crippen LogP contribution is 2.01. The Bertz CT molecular complexity index is 230. The van der Waals surface area contributed by atoms with Gasteiger partial charge in [0.15, 0.2) is 0 Å². The van der Waals surface area contributed by atoms with Crippen LogP contribution in [0.4, 0.5) is 0 Å². The van der Waals surface area contributed by atoms with Crippen LogP contribution in [0.25, 0.3) is 0 Å². The molecule has 0 spiro atoms. The molecule has 94 valence electrons. The van der Waals surface area contributed by atoms with Crippen molar-refractivity contribution in [2.24, 2.45) is 11.7 Å². The summed E-state index contributed by atoms with van der Waals surface area (Å²) in [5, 5.41) is 0. The molecule has 4 nitrogen and oxygen atoms in total. The number of unbranched alkanes of at least 4 members (excludes halogenated alkanes) is 1. The quantitative estimate of drug-likeness (QED) is 0.641.